The smallest absolute Gasteiger partial charge is 0.203 e. The van der Waals surface area contributed by atoms with Crippen LogP contribution in [-0.4, -0.2) is 27.4 Å². The Balaban J connectivity index is 1.81. The van der Waals surface area contributed by atoms with Gasteiger partial charge in [-0.15, -0.1) is 0 Å². The second kappa shape index (κ2) is 8.04. The fourth-order valence-corrected chi connectivity index (χ4v) is 1.90. The summed E-state index contributed by atoms with van der Waals surface area (Å²) in [5.41, 5.74) is 0. The zero-order valence-corrected chi connectivity index (χ0v) is 12.4. The lowest BCUT2D eigenvalue weighted by Crippen LogP contribution is -2.06. The molecule has 21 heavy (non-hydrogen) atoms. The van der Waals surface area contributed by atoms with Gasteiger partial charge in [0.15, 0.2) is 11.5 Å². The van der Waals surface area contributed by atoms with E-state index in [1.165, 1.54) is 0 Å². The third-order valence-corrected chi connectivity index (χ3v) is 2.93. The van der Waals surface area contributed by atoms with Gasteiger partial charge in [-0.05, 0) is 24.3 Å². The molecule has 0 aromatic heterocycles. The summed E-state index contributed by atoms with van der Waals surface area (Å²) < 4.78 is 21.9. The summed E-state index contributed by atoms with van der Waals surface area (Å²) in [6, 6.07) is 15.3. The lowest BCUT2D eigenvalue weighted by atomic mass is 10.3. The van der Waals surface area contributed by atoms with Crippen molar-refractivity contribution in [3.63, 3.8) is 0 Å². The Morgan fingerprint density at radius 3 is 1.95 bits per heavy atom. The minimum atomic E-state index is 0.531. The first kappa shape index (κ1) is 15.0. The van der Waals surface area contributed by atoms with Crippen molar-refractivity contribution in [2.24, 2.45) is 0 Å². The fraction of sp³-hybridized carbons (Fsp3) is 0.294. The third kappa shape index (κ3) is 4.31. The van der Waals surface area contributed by atoms with Crippen LogP contribution in [0.3, 0.4) is 0 Å². The van der Waals surface area contributed by atoms with Crippen LogP contribution in [0.25, 0.3) is 0 Å². The number of ether oxygens (including phenoxy) is 4. The minimum Gasteiger partial charge on any atom is -0.493 e. The zero-order valence-electron chi connectivity index (χ0n) is 12.4. The molecular weight excluding hydrogens is 268 g/mol. The average molecular weight is 288 g/mol. The van der Waals surface area contributed by atoms with Gasteiger partial charge in [-0.2, -0.15) is 0 Å². The van der Waals surface area contributed by atoms with Crippen molar-refractivity contribution in [1.82, 2.24) is 0 Å². The van der Waals surface area contributed by atoms with Crippen LogP contribution in [0.2, 0.25) is 0 Å². The first-order chi connectivity index (χ1) is 10.3. The molecule has 0 aliphatic heterocycles. The van der Waals surface area contributed by atoms with E-state index >= 15 is 0 Å². The number of benzene rings is 2. The maximum atomic E-state index is 5.76. The molecule has 0 N–H and O–H groups in total. The molecule has 2 aromatic rings. The predicted octanol–water partition coefficient (Wildman–Crippen LogP) is 3.55. The number of hydrogen-bond donors (Lipinski definition) is 0. The minimum absolute atomic E-state index is 0.531. The Hall–Kier alpha value is -2.36. The van der Waals surface area contributed by atoms with Gasteiger partial charge in [-0.25, -0.2) is 0 Å². The quantitative estimate of drug-likeness (QED) is 0.696. The Kier molecular flexibility index (Phi) is 5.76. The molecule has 0 aliphatic rings. The second-order valence-electron chi connectivity index (χ2n) is 4.36. The van der Waals surface area contributed by atoms with Crippen LogP contribution < -0.4 is 18.9 Å². The van der Waals surface area contributed by atoms with Crippen molar-refractivity contribution < 1.29 is 18.9 Å². The molecule has 0 spiro atoms. The van der Waals surface area contributed by atoms with Crippen LogP contribution in [0.4, 0.5) is 0 Å². The SMILES string of the molecule is COc1cccc(OC)c1OCCCOc1ccccc1. The molecule has 0 amide bonds. The standard InChI is InChI=1S/C17H20O4/c1-18-15-10-6-11-16(19-2)17(15)21-13-7-12-20-14-8-4-3-5-9-14/h3-6,8-11H,7,12-13H2,1-2H3. The normalized spacial score (nSPS) is 10.0. The topological polar surface area (TPSA) is 36.9 Å². The Morgan fingerprint density at radius 1 is 0.714 bits per heavy atom. The highest BCUT2D eigenvalue weighted by atomic mass is 16.5. The summed E-state index contributed by atoms with van der Waals surface area (Å²) in [4.78, 5) is 0. The Bertz CT molecular complexity index is 517. The van der Waals surface area contributed by atoms with E-state index in [0.717, 1.165) is 12.2 Å². The summed E-state index contributed by atoms with van der Waals surface area (Å²) >= 11 is 0. The van der Waals surface area contributed by atoms with E-state index in [0.29, 0.717) is 30.5 Å². The maximum Gasteiger partial charge on any atom is 0.203 e. The number of hydrogen-bond acceptors (Lipinski definition) is 4. The molecule has 0 bridgehead atoms. The molecule has 0 heterocycles. The summed E-state index contributed by atoms with van der Waals surface area (Å²) in [5.74, 6) is 2.83. The summed E-state index contributed by atoms with van der Waals surface area (Å²) in [6.45, 7) is 1.13. The van der Waals surface area contributed by atoms with E-state index < -0.39 is 0 Å². The highest BCUT2D eigenvalue weighted by Gasteiger charge is 2.10. The lowest BCUT2D eigenvalue weighted by Gasteiger charge is -2.14. The summed E-state index contributed by atoms with van der Waals surface area (Å²) in [7, 11) is 3.22. The molecule has 0 radical (unpaired) electrons. The van der Waals surface area contributed by atoms with E-state index in [-0.39, 0.29) is 0 Å². The molecular formula is C17H20O4. The summed E-state index contributed by atoms with van der Waals surface area (Å²) in [6.07, 6.45) is 0.774. The zero-order chi connectivity index (χ0) is 14.9. The van der Waals surface area contributed by atoms with Crippen LogP contribution in [0, 0.1) is 0 Å². The third-order valence-electron chi connectivity index (χ3n) is 2.93. The molecule has 0 fully saturated rings. The maximum absolute atomic E-state index is 5.76. The molecule has 0 atom stereocenters. The molecule has 0 unspecified atom stereocenters. The Labute approximate surface area is 125 Å². The van der Waals surface area contributed by atoms with Gasteiger partial charge in [-0.3, -0.25) is 0 Å². The number of rotatable bonds is 8. The largest absolute Gasteiger partial charge is 0.493 e. The van der Waals surface area contributed by atoms with Crippen molar-refractivity contribution in [1.29, 1.82) is 0 Å². The van der Waals surface area contributed by atoms with E-state index in [2.05, 4.69) is 0 Å². The van der Waals surface area contributed by atoms with Crippen molar-refractivity contribution in [2.45, 2.75) is 6.42 Å². The molecule has 2 rings (SSSR count). The van der Waals surface area contributed by atoms with Gasteiger partial charge in [0.05, 0.1) is 27.4 Å². The molecule has 4 heteroatoms. The van der Waals surface area contributed by atoms with Crippen LogP contribution in [0.5, 0.6) is 23.0 Å². The van der Waals surface area contributed by atoms with Crippen LogP contribution >= 0.6 is 0 Å². The van der Waals surface area contributed by atoms with Gasteiger partial charge >= 0.3 is 0 Å². The van der Waals surface area contributed by atoms with Crippen molar-refractivity contribution in [3.8, 4) is 23.0 Å². The van der Waals surface area contributed by atoms with Crippen molar-refractivity contribution in [2.75, 3.05) is 27.4 Å². The first-order valence-corrected chi connectivity index (χ1v) is 6.87. The lowest BCUT2D eigenvalue weighted by molar-refractivity contribution is 0.232. The monoisotopic (exact) mass is 288 g/mol. The van der Waals surface area contributed by atoms with E-state index in [9.17, 15) is 0 Å². The summed E-state index contributed by atoms with van der Waals surface area (Å²) in [5, 5.41) is 0. The van der Waals surface area contributed by atoms with Gasteiger partial charge in [0.2, 0.25) is 5.75 Å². The molecule has 2 aromatic carbocycles. The average Bonchev–Trinajstić information content (AvgIpc) is 2.55. The number of para-hydroxylation sites is 2. The highest BCUT2D eigenvalue weighted by Crippen LogP contribution is 2.36. The number of methoxy groups -OCH3 is 2. The molecule has 0 saturated heterocycles. The predicted molar refractivity (Wildman–Crippen MR) is 81.6 cm³/mol. The molecule has 4 nitrogen and oxygen atoms in total. The van der Waals surface area contributed by atoms with Crippen LogP contribution in [-0.2, 0) is 0 Å². The van der Waals surface area contributed by atoms with Gasteiger partial charge in [-0.1, -0.05) is 24.3 Å². The van der Waals surface area contributed by atoms with E-state index in [1.54, 1.807) is 14.2 Å². The van der Waals surface area contributed by atoms with Crippen molar-refractivity contribution in [3.05, 3.63) is 48.5 Å². The first-order valence-electron chi connectivity index (χ1n) is 6.87. The van der Waals surface area contributed by atoms with Gasteiger partial charge in [0, 0.05) is 6.42 Å². The van der Waals surface area contributed by atoms with Crippen LogP contribution in [0.15, 0.2) is 48.5 Å². The molecule has 0 saturated carbocycles. The van der Waals surface area contributed by atoms with E-state index in [1.807, 2.05) is 48.5 Å². The van der Waals surface area contributed by atoms with Crippen molar-refractivity contribution >= 4 is 0 Å². The fourth-order valence-electron chi connectivity index (χ4n) is 1.90. The highest BCUT2D eigenvalue weighted by molar-refractivity contribution is 5.51. The van der Waals surface area contributed by atoms with Gasteiger partial charge < -0.3 is 18.9 Å². The van der Waals surface area contributed by atoms with Gasteiger partial charge in [0.25, 0.3) is 0 Å². The van der Waals surface area contributed by atoms with Gasteiger partial charge in [0.1, 0.15) is 5.75 Å². The molecule has 0 aliphatic carbocycles. The van der Waals surface area contributed by atoms with E-state index in [4.69, 9.17) is 18.9 Å². The Morgan fingerprint density at radius 2 is 1.33 bits per heavy atom. The van der Waals surface area contributed by atoms with Crippen LogP contribution in [0.1, 0.15) is 6.42 Å². The molecule has 112 valence electrons. The second-order valence-corrected chi connectivity index (χ2v) is 4.36.